The number of anilines is 1. The predicted molar refractivity (Wildman–Crippen MR) is 111 cm³/mol. The number of nitrogens with zero attached hydrogens (tertiary/aromatic N) is 2. The molecule has 0 atom stereocenters. The molecule has 1 fully saturated rings. The summed E-state index contributed by atoms with van der Waals surface area (Å²) >= 11 is 0. The standard InChI is InChI=1S/C22H28N4O2/c1-18(27)24-21-9-5-8-20(16-21)22(28)23-10-11-25-12-14-26(15-13-25)17-19-6-3-2-4-7-19/h2-9,16H,10-15,17H2,1H3,(H,23,28)(H,24,27). The van der Waals surface area contributed by atoms with Crippen molar-refractivity contribution in [3.63, 3.8) is 0 Å². The molecule has 2 amide bonds. The van der Waals surface area contributed by atoms with E-state index in [1.54, 1.807) is 24.3 Å². The van der Waals surface area contributed by atoms with Gasteiger partial charge in [-0.1, -0.05) is 36.4 Å². The fraction of sp³-hybridized carbons (Fsp3) is 0.364. The SMILES string of the molecule is CC(=O)Nc1cccc(C(=O)NCCN2CCN(Cc3ccccc3)CC2)c1. The third-order valence-corrected chi connectivity index (χ3v) is 4.87. The average Bonchev–Trinajstić information content (AvgIpc) is 2.70. The number of nitrogens with one attached hydrogen (secondary N) is 2. The molecule has 1 aliphatic heterocycles. The Labute approximate surface area is 166 Å². The first-order chi connectivity index (χ1) is 13.6. The van der Waals surface area contributed by atoms with Crippen LogP contribution in [0, 0.1) is 0 Å². The predicted octanol–water partition coefficient (Wildman–Crippen LogP) is 2.19. The number of rotatable bonds is 7. The van der Waals surface area contributed by atoms with Crippen LogP contribution in [0.4, 0.5) is 5.69 Å². The number of piperazine rings is 1. The Morgan fingerprint density at radius 3 is 2.36 bits per heavy atom. The molecule has 0 unspecified atom stereocenters. The van der Waals surface area contributed by atoms with Gasteiger partial charge >= 0.3 is 0 Å². The number of hydrogen-bond donors (Lipinski definition) is 2. The minimum absolute atomic E-state index is 0.116. The first kappa shape index (κ1) is 20.0. The van der Waals surface area contributed by atoms with Crippen LogP contribution >= 0.6 is 0 Å². The van der Waals surface area contributed by atoms with Crippen molar-refractivity contribution in [3.8, 4) is 0 Å². The van der Waals surface area contributed by atoms with Crippen molar-refractivity contribution < 1.29 is 9.59 Å². The van der Waals surface area contributed by atoms with Crippen LogP contribution in [0.3, 0.4) is 0 Å². The summed E-state index contributed by atoms with van der Waals surface area (Å²) in [6.45, 7) is 8.02. The molecule has 1 aliphatic rings. The number of benzene rings is 2. The number of carbonyl (C=O) groups is 2. The summed E-state index contributed by atoms with van der Waals surface area (Å²) in [6.07, 6.45) is 0. The summed E-state index contributed by atoms with van der Waals surface area (Å²) in [5.74, 6) is -0.265. The highest BCUT2D eigenvalue weighted by molar-refractivity contribution is 5.96. The van der Waals surface area contributed by atoms with E-state index in [0.717, 1.165) is 39.3 Å². The minimum atomic E-state index is -0.149. The molecule has 1 saturated heterocycles. The van der Waals surface area contributed by atoms with E-state index >= 15 is 0 Å². The molecule has 0 aromatic heterocycles. The van der Waals surface area contributed by atoms with E-state index in [4.69, 9.17) is 0 Å². The zero-order chi connectivity index (χ0) is 19.8. The van der Waals surface area contributed by atoms with E-state index in [1.165, 1.54) is 12.5 Å². The summed E-state index contributed by atoms with van der Waals surface area (Å²) in [5, 5.41) is 5.67. The van der Waals surface area contributed by atoms with Gasteiger partial charge in [0.15, 0.2) is 0 Å². The van der Waals surface area contributed by atoms with E-state index in [9.17, 15) is 9.59 Å². The van der Waals surface area contributed by atoms with Crippen LogP contribution in [-0.2, 0) is 11.3 Å². The van der Waals surface area contributed by atoms with Crippen molar-refractivity contribution in [1.29, 1.82) is 0 Å². The van der Waals surface area contributed by atoms with E-state index < -0.39 is 0 Å². The van der Waals surface area contributed by atoms with E-state index in [0.29, 0.717) is 17.8 Å². The van der Waals surface area contributed by atoms with Gasteiger partial charge in [0.25, 0.3) is 5.91 Å². The Morgan fingerprint density at radius 1 is 0.929 bits per heavy atom. The maximum Gasteiger partial charge on any atom is 0.251 e. The van der Waals surface area contributed by atoms with Gasteiger partial charge in [-0.2, -0.15) is 0 Å². The minimum Gasteiger partial charge on any atom is -0.351 e. The van der Waals surface area contributed by atoms with Gasteiger partial charge in [0.1, 0.15) is 0 Å². The van der Waals surface area contributed by atoms with E-state index in [-0.39, 0.29) is 11.8 Å². The molecule has 0 spiro atoms. The van der Waals surface area contributed by atoms with E-state index in [2.05, 4.69) is 44.7 Å². The topological polar surface area (TPSA) is 64.7 Å². The van der Waals surface area contributed by atoms with Gasteiger partial charge in [0.2, 0.25) is 5.91 Å². The lowest BCUT2D eigenvalue weighted by Gasteiger charge is -2.34. The van der Waals surface area contributed by atoms with Crippen LogP contribution in [0.25, 0.3) is 0 Å². The first-order valence-electron chi connectivity index (χ1n) is 9.74. The molecule has 1 heterocycles. The summed E-state index contributed by atoms with van der Waals surface area (Å²) in [5.41, 5.74) is 2.54. The highest BCUT2D eigenvalue weighted by Crippen LogP contribution is 2.11. The second-order valence-corrected chi connectivity index (χ2v) is 7.12. The number of hydrogen-bond acceptors (Lipinski definition) is 4. The molecule has 0 aliphatic carbocycles. The average molecular weight is 380 g/mol. The number of carbonyl (C=O) groups excluding carboxylic acids is 2. The molecule has 28 heavy (non-hydrogen) atoms. The zero-order valence-corrected chi connectivity index (χ0v) is 16.4. The third kappa shape index (κ3) is 6.18. The van der Waals surface area contributed by atoms with E-state index in [1.807, 2.05) is 6.07 Å². The fourth-order valence-corrected chi connectivity index (χ4v) is 3.38. The van der Waals surface area contributed by atoms with Crippen molar-refractivity contribution in [1.82, 2.24) is 15.1 Å². The van der Waals surface area contributed by atoms with Gasteiger partial charge < -0.3 is 10.6 Å². The molecular formula is C22H28N4O2. The zero-order valence-electron chi connectivity index (χ0n) is 16.4. The lowest BCUT2D eigenvalue weighted by molar-refractivity contribution is -0.114. The van der Waals surface area contributed by atoms with Crippen molar-refractivity contribution in [2.75, 3.05) is 44.6 Å². The highest BCUT2D eigenvalue weighted by Gasteiger charge is 2.17. The molecular weight excluding hydrogens is 352 g/mol. The van der Waals surface area contributed by atoms with Gasteiger partial charge in [-0.25, -0.2) is 0 Å². The largest absolute Gasteiger partial charge is 0.351 e. The molecule has 3 rings (SSSR count). The Kier molecular flexibility index (Phi) is 7.17. The number of amides is 2. The summed E-state index contributed by atoms with van der Waals surface area (Å²) in [7, 11) is 0. The van der Waals surface area contributed by atoms with Crippen LogP contribution in [0.5, 0.6) is 0 Å². The second kappa shape index (κ2) is 10.0. The summed E-state index contributed by atoms with van der Waals surface area (Å²) < 4.78 is 0. The Morgan fingerprint density at radius 2 is 1.64 bits per heavy atom. The molecule has 148 valence electrons. The smallest absolute Gasteiger partial charge is 0.251 e. The third-order valence-electron chi connectivity index (χ3n) is 4.87. The Balaban J connectivity index is 1.38. The van der Waals surface area contributed by atoms with Crippen LogP contribution in [0.1, 0.15) is 22.8 Å². The lowest BCUT2D eigenvalue weighted by Crippen LogP contribution is -2.48. The van der Waals surface area contributed by atoms with Crippen molar-refractivity contribution in [2.45, 2.75) is 13.5 Å². The van der Waals surface area contributed by atoms with Crippen molar-refractivity contribution in [2.24, 2.45) is 0 Å². The van der Waals surface area contributed by atoms with Crippen molar-refractivity contribution >= 4 is 17.5 Å². The normalized spacial score (nSPS) is 15.2. The molecule has 6 nitrogen and oxygen atoms in total. The molecule has 2 N–H and O–H groups in total. The second-order valence-electron chi connectivity index (χ2n) is 7.12. The summed E-state index contributed by atoms with van der Waals surface area (Å²) in [6, 6.07) is 17.5. The van der Waals surface area contributed by atoms with Gasteiger partial charge in [0, 0.05) is 64.0 Å². The molecule has 2 aromatic rings. The first-order valence-corrected chi connectivity index (χ1v) is 9.74. The van der Waals surface area contributed by atoms with Gasteiger partial charge in [-0.15, -0.1) is 0 Å². The summed E-state index contributed by atoms with van der Waals surface area (Å²) in [4.78, 5) is 28.3. The van der Waals surface area contributed by atoms with Gasteiger partial charge in [-0.3, -0.25) is 19.4 Å². The quantitative estimate of drug-likeness (QED) is 0.773. The monoisotopic (exact) mass is 380 g/mol. The van der Waals surface area contributed by atoms with Gasteiger partial charge in [-0.05, 0) is 23.8 Å². The molecule has 6 heteroatoms. The fourth-order valence-electron chi connectivity index (χ4n) is 3.38. The Bertz CT molecular complexity index is 786. The van der Waals surface area contributed by atoms with Crippen LogP contribution in [0.2, 0.25) is 0 Å². The van der Waals surface area contributed by atoms with Crippen molar-refractivity contribution in [3.05, 3.63) is 65.7 Å². The maximum absolute atomic E-state index is 12.3. The van der Waals surface area contributed by atoms with Crippen LogP contribution < -0.4 is 10.6 Å². The van der Waals surface area contributed by atoms with Crippen LogP contribution in [-0.4, -0.2) is 60.9 Å². The molecule has 2 aromatic carbocycles. The molecule has 0 bridgehead atoms. The molecule has 0 saturated carbocycles. The molecule has 0 radical (unpaired) electrons. The maximum atomic E-state index is 12.3. The highest BCUT2D eigenvalue weighted by atomic mass is 16.2. The van der Waals surface area contributed by atoms with Crippen LogP contribution in [0.15, 0.2) is 54.6 Å². The van der Waals surface area contributed by atoms with Gasteiger partial charge in [0.05, 0.1) is 0 Å². The lowest BCUT2D eigenvalue weighted by atomic mass is 10.2. The Hall–Kier alpha value is -2.70.